The van der Waals surface area contributed by atoms with E-state index in [1.807, 2.05) is 32.4 Å². The van der Waals surface area contributed by atoms with Crippen molar-refractivity contribution in [1.29, 1.82) is 0 Å². The molecule has 0 aliphatic heterocycles. The Labute approximate surface area is 117 Å². The van der Waals surface area contributed by atoms with Gasteiger partial charge in [0.2, 0.25) is 0 Å². The number of ketones is 1. The number of carbonyl (C=O) groups is 1. The van der Waals surface area contributed by atoms with E-state index in [9.17, 15) is 4.79 Å². The standard InChI is InChI=1S/C13H21BrN2O2/c1-6-16-11(12(14)9(2)15-16)7-10(17)8-13(3,4)18-5/h6-8H2,1-5H3. The van der Waals surface area contributed by atoms with E-state index in [-0.39, 0.29) is 5.78 Å². The number of rotatable bonds is 6. The molecule has 0 bridgehead atoms. The minimum atomic E-state index is -0.407. The first-order valence-corrected chi connectivity index (χ1v) is 6.88. The van der Waals surface area contributed by atoms with E-state index < -0.39 is 5.60 Å². The van der Waals surface area contributed by atoms with Crippen molar-refractivity contribution in [2.75, 3.05) is 7.11 Å². The highest BCUT2D eigenvalue weighted by atomic mass is 79.9. The van der Waals surface area contributed by atoms with Gasteiger partial charge in [0.15, 0.2) is 0 Å². The van der Waals surface area contributed by atoms with E-state index in [0.29, 0.717) is 12.8 Å². The molecular weight excluding hydrogens is 296 g/mol. The number of hydrogen-bond donors (Lipinski definition) is 0. The predicted octanol–water partition coefficient (Wildman–Crippen LogP) is 2.90. The zero-order chi connectivity index (χ0) is 13.9. The van der Waals surface area contributed by atoms with E-state index in [4.69, 9.17) is 4.74 Å². The van der Waals surface area contributed by atoms with Crippen LogP contribution in [0, 0.1) is 6.92 Å². The molecule has 0 spiro atoms. The highest BCUT2D eigenvalue weighted by molar-refractivity contribution is 9.10. The van der Waals surface area contributed by atoms with Crippen LogP contribution in [0.1, 0.15) is 38.6 Å². The minimum absolute atomic E-state index is 0.164. The molecule has 18 heavy (non-hydrogen) atoms. The molecule has 0 amide bonds. The van der Waals surface area contributed by atoms with Gasteiger partial charge in [-0.2, -0.15) is 5.10 Å². The van der Waals surface area contributed by atoms with Gasteiger partial charge in [0.1, 0.15) is 5.78 Å². The van der Waals surface area contributed by atoms with Crippen molar-refractivity contribution < 1.29 is 9.53 Å². The van der Waals surface area contributed by atoms with Gasteiger partial charge < -0.3 is 4.74 Å². The lowest BCUT2D eigenvalue weighted by atomic mass is 9.99. The Balaban J connectivity index is 2.82. The summed E-state index contributed by atoms with van der Waals surface area (Å²) in [5, 5.41) is 4.38. The van der Waals surface area contributed by atoms with Crippen molar-refractivity contribution in [3.05, 3.63) is 15.9 Å². The molecule has 0 aliphatic rings. The molecule has 1 aromatic rings. The number of ether oxygens (including phenoxy) is 1. The van der Waals surface area contributed by atoms with Crippen LogP contribution in [0.5, 0.6) is 0 Å². The van der Waals surface area contributed by atoms with Crippen LogP contribution in [-0.2, 0) is 22.5 Å². The van der Waals surface area contributed by atoms with Gasteiger partial charge in [0, 0.05) is 26.5 Å². The summed E-state index contributed by atoms with van der Waals surface area (Å²) in [5.74, 6) is 0.164. The Morgan fingerprint density at radius 1 is 1.50 bits per heavy atom. The maximum Gasteiger partial charge on any atom is 0.141 e. The molecule has 4 nitrogen and oxygen atoms in total. The number of carbonyl (C=O) groups excluding carboxylic acids is 1. The maximum absolute atomic E-state index is 12.1. The minimum Gasteiger partial charge on any atom is -0.378 e. The first kappa shape index (κ1) is 15.4. The van der Waals surface area contributed by atoms with Crippen molar-refractivity contribution in [2.45, 2.75) is 52.7 Å². The van der Waals surface area contributed by atoms with E-state index in [1.165, 1.54) is 0 Å². The SMILES string of the molecule is CCn1nc(C)c(Br)c1CC(=O)CC(C)(C)OC. The maximum atomic E-state index is 12.1. The van der Waals surface area contributed by atoms with Gasteiger partial charge in [-0.05, 0) is 43.6 Å². The lowest BCUT2D eigenvalue weighted by molar-refractivity contribution is -0.123. The molecule has 0 radical (unpaired) electrons. The Morgan fingerprint density at radius 3 is 2.61 bits per heavy atom. The first-order chi connectivity index (χ1) is 8.30. The van der Waals surface area contributed by atoms with E-state index in [2.05, 4.69) is 21.0 Å². The number of methoxy groups -OCH3 is 1. The summed E-state index contributed by atoms with van der Waals surface area (Å²) in [6, 6.07) is 0. The normalized spacial score (nSPS) is 11.9. The van der Waals surface area contributed by atoms with Crippen molar-refractivity contribution >= 4 is 21.7 Å². The Bertz CT molecular complexity index is 438. The third kappa shape index (κ3) is 3.65. The van der Waals surface area contributed by atoms with Gasteiger partial charge in [-0.15, -0.1) is 0 Å². The lowest BCUT2D eigenvalue weighted by Crippen LogP contribution is -2.27. The van der Waals surface area contributed by atoms with Crippen LogP contribution in [0.2, 0.25) is 0 Å². The van der Waals surface area contributed by atoms with E-state index in [0.717, 1.165) is 22.4 Å². The van der Waals surface area contributed by atoms with Crippen LogP contribution < -0.4 is 0 Å². The van der Waals surface area contributed by atoms with Crippen molar-refractivity contribution in [3.8, 4) is 0 Å². The molecular formula is C13H21BrN2O2. The van der Waals surface area contributed by atoms with Crippen LogP contribution in [0.15, 0.2) is 4.47 Å². The van der Waals surface area contributed by atoms with Crippen LogP contribution in [0.3, 0.4) is 0 Å². The summed E-state index contributed by atoms with van der Waals surface area (Å²) < 4.78 is 8.09. The van der Waals surface area contributed by atoms with Gasteiger partial charge in [0.25, 0.3) is 0 Å². The fourth-order valence-corrected chi connectivity index (χ4v) is 2.26. The Hall–Kier alpha value is -0.680. The number of hydrogen-bond acceptors (Lipinski definition) is 3. The number of aryl methyl sites for hydroxylation is 2. The highest BCUT2D eigenvalue weighted by Crippen LogP contribution is 2.23. The number of halogens is 1. The van der Waals surface area contributed by atoms with Gasteiger partial charge in [-0.1, -0.05) is 0 Å². The largest absolute Gasteiger partial charge is 0.378 e. The van der Waals surface area contributed by atoms with Crippen molar-refractivity contribution in [1.82, 2.24) is 9.78 Å². The zero-order valence-corrected chi connectivity index (χ0v) is 13.3. The molecule has 0 unspecified atom stereocenters. The summed E-state index contributed by atoms with van der Waals surface area (Å²) in [4.78, 5) is 12.1. The summed E-state index contributed by atoms with van der Waals surface area (Å²) in [5.41, 5.74) is 1.47. The third-order valence-electron chi connectivity index (χ3n) is 2.99. The molecule has 0 saturated carbocycles. The summed E-state index contributed by atoms with van der Waals surface area (Å²) in [6.45, 7) is 8.56. The van der Waals surface area contributed by atoms with Crippen LogP contribution >= 0.6 is 15.9 Å². The van der Waals surface area contributed by atoms with E-state index in [1.54, 1.807) is 7.11 Å². The fourth-order valence-electron chi connectivity index (χ4n) is 1.83. The van der Waals surface area contributed by atoms with E-state index >= 15 is 0 Å². The molecule has 102 valence electrons. The predicted molar refractivity (Wildman–Crippen MR) is 74.8 cm³/mol. The van der Waals surface area contributed by atoms with Crippen LogP contribution in [-0.4, -0.2) is 28.3 Å². The second-order valence-electron chi connectivity index (χ2n) is 5.02. The second-order valence-corrected chi connectivity index (χ2v) is 5.81. The zero-order valence-electron chi connectivity index (χ0n) is 11.7. The topological polar surface area (TPSA) is 44.1 Å². The monoisotopic (exact) mass is 316 g/mol. The third-order valence-corrected chi connectivity index (χ3v) is 4.02. The molecule has 1 heterocycles. The van der Waals surface area contributed by atoms with Crippen molar-refractivity contribution in [3.63, 3.8) is 0 Å². The number of Topliss-reactive ketones (excluding diaryl/α,β-unsaturated/α-hetero) is 1. The molecule has 1 rings (SSSR count). The van der Waals surface area contributed by atoms with Gasteiger partial charge in [0.05, 0.1) is 21.5 Å². The molecule has 0 atom stereocenters. The molecule has 1 aromatic heterocycles. The smallest absolute Gasteiger partial charge is 0.141 e. The molecule has 5 heteroatoms. The molecule has 0 aromatic carbocycles. The average Bonchev–Trinajstić information content (AvgIpc) is 2.56. The van der Waals surface area contributed by atoms with Crippen LogP contribution in [0.25, 0.3) is 0 Å². The molecule has 0 fully saturated rings. The van der Waals surface area contributed by atoms with Crippen molar-refractivity contribution in [2.24, 2.45) is 0 Å². The second kappa shape index (κ2) is 5.97. The Kier molecular flexibility index (Phi) is 5.10. The van der Waals surface area contributed by atoms with Crippen LogP contribution in [0.4, 0.5) is 0 Å². The molecule has 0 aliphatic carbocycles. The number of nitrogens with zero attached hydrogens (tertiary/aromatic N) is 2. The fraction of sp³-hybridized carbons (Fsp3) is 0.692. The summed E-state index contributed by atoms with van der Waals surface area (Å²) >= 11 is 3.50. The lowest BCUT2D eigenvalue weighted by Gasteiger charge is -2.21. The van der Waals surface area contributed by atoms with Gasteiger partial charge >= 0.3 is 0 Å². The van der Waals surface area contributed by atoms with Gasteiger partial charge in [-0.25, -0.2) is 0 Å². The highest BCUT2D eigenvalue weighted by Gasteiger charge is 2.23. The molecule has 0 N–H and O–H groups in total. The van der Waals surface area contributed by atoms with Gasteiger partial charge in [-0.3, -0.25) is 9.48 Å². The summed E-state index contributed by atoms with van der Waals surface area (Å²) in [6.07, 6.45) is 0.798. The number of aromatic nitrogens is 2. The first-order valence-electron chi connectivity index (χ1n) is 6.09. The average molecular weight is 317 g/mol. The summed E-state index contributed by atoms with van der Waals surface area (Å²) in [7, 11) is 1.63. The molecule has 0 saturated heterocycles. The Morgan fingerprint density at radius 2 is 2.11 bits per heavy atom. The quantitative estimate of drug-likeness (QED) is 0.810.